The first-order valence-electron chi connectivity index (χ1n) is 4.65. The van der Waals surface area contributed by atoms with E-state index in [1.807, 2.05) is 0 Å². The van der Waals surface area contributed by atoms with Crippen LogP contribution in [0, 0.1) is 5.92 Å². The number of carbonyl (C=O) groups excluding carboxylic acids is 1. The van der Waals surface area contributed by atoms with Crippen LogP contribution in [0.1, 0.15) is 19.3 Å². The van der Waals surface area contributed by atoms with E-state index in [0.717, 1.165) is 13.0 Å². The van der Waals surface area contributed by atoms with Crippen molar-refractivity contribution < 1.29 is 4.79 Å². The lowest BCUT2D eigenvalue weighted by atomic mass is 9.95. The van der Waals surface area contributed by atoms with Gasteiger partial charge in [0.25, 0.3) is 0 Å². The summed E-state index contributed by atoms with van der Waals surface area (Å²) >= 11 is 5.55. The number of Topliss-reactive ketones (excluding diaryl/α,β-unsaturated/α-hetero) is 1. The molecule has 12 heavy (non-hydrogen) atoms. The normalized spacial score (nSPS) is 35.4. The summed E-state index contributed by atoms with van der Waals surface area (Å²) in [5, 5.41) is 0. The molecule has 68 valence electrons. The molecule has 2 aliphatic rings. The fraction of sp³-hybridized carbons (Fsp3) is 0.889. The van der Waals surface area contributed by atoms with Gasteiger partial charge >= 0.3 is 0 Å². The molecule has 0 bridgehead atoms. The predicted octanol–water partition coefficient (Wildman–Crippen LogP) is 1.28. The number of halogens is 1. The fourth-order valence-electron chi connectivity index (χ4n) is 2.56. The maximum atomic E-state index is 11.4. The van der Waals surface area contributed by atoms with Crippen molar-refractivity contribution >= 4 is 17.4 Å². The number of hydrogen-bond donors (Lipinski definition) is 0. The van der Waals surface area contributed by atoms with Crippen LogP contribution in [0.15, 0.2) is 0 Å². The summed E-state index contributed by atoms with van der Waals surface area (Å²) in [7, 11) is 0. The summed E-state index contributed by atoms with van der Waals surface area (Å²) in [6, 6.07) is 0.538. The predicted molar refractivity (Wildman–Crippen MR) is 48.4 cm³/mol. The van der Waals surface area contributed by atoms with Crippen LogP contribution in [0.25, 0.3) is 0 Å². The molecule has 2 aliphatic heterocycles. The lowest BCUT2D eigenvalue weighted by Gasteiger charge is -2.17. The standard InChI is InChI=1S/C9H14ClNO/c10-6-9(12)7-3-5-11-4-1-2-8(7)11/h7-8H,1-6H2. The molecule has 0 N–H and O–H groups in total. The maximum Gasteiger partial charge on any atom is 0.152 e. The quantitative estimate of drug-likeness (QED) is 0.607. The molecule has 2 rings (SSSR count). The number of ketones is 1. The average Bonchev–Trinajstić information content (AvgIpc) is 2.62. The smallest absolute Gasteiger partial charge is 0.152 e. The Morgan fingerprint density at radius 2 is 2.25 bits per heavy atom. The van der Waals surface area contributed by atoms with Crippen LogP contribution in [0.5, 0.6) is 0 Å². The van der Waals surface area contributed by atoms with Gasteiger partial charge in [-0.1, -0.05) is 0 Å². The molecule has 0 aromatic carbocycles. The van der Waals surface area contributed by atoms with Gasteiger partial charge in [-0.15, -0.1) is 11.6 Å². The molecule has 2 saturated heterocycles. The second kappa shape index (κ2) is 3.35. The Hall–Kier alpha value is -0.0800. The molecular formula is C9H14ClNO. The average molecular weight is 188 g/mol. The highest BCUT2D eigenvalue weighted by atomic mass is 35.5. The summed E-state index contributed by atoms with van der Waals surface area (Å²) in [4.78, 5) is 13.8. The Bertz CT molecular complexity index is 195. The largest absolute Gasteiger partial charge is 0.300 e. The van der Waals surface area contributed by atoms with Gasteiger partial charge in [0.2, 0.25) is 0 Å². The van der Waals surface area contributed by atoms with Gasteiger partial charge in [0.1, 0.15) is 0 Å². The van der Waals surface area contributed by atoms with Crippen molar-refractivity contribution in [2.75, 3.05) is 19.0 Å². The highest BCUT2D eigenvalue weighted by Gasteiger charge is 2.40. The lowest BCUT2D eigenvalue weighted by molar-refractivity contribution is -0.120. The van der Waals surface area contributed by atoms with Crippen LogP contribution in [0.3, 0.4) is 0 Å². The van der Waals surface area contributed by atoms with E-state index in [1.165, 1.54) is 19.4 Å². The van der Waals surface area contributed by atoms with Gasteiger partial charge in [-0.2, -0.15) is 0 Å². The third-order valence-electron chi connectivity index (χ3n) is 3.15. The van der Waals surface area contributed by atoms with Gasteiger partial charge in [0.05, 0.1) is 5.88 Å². The maximum absolute atomic E-state index is 11.4. The molecule has 2 atom stereocenters. The van der Waals surface area contributed by atoms with Crippen molar-refractivity contribution in [3.63, 3.8) is 0 Å². The number of nitrogens with zero attached hydrogens (tertiary/aromatic N) is 1. The van der Waals surface area contributed by atoms with E-state index < -0.39 is 0 Å². The first-order chi connectivity index (χ1) is 5.83. The molecule has 0 aliphatic carbocycles. The monoisotopic (exact) mass is 187 g/mol. The number of rotatable bonds is 2. The van der Waals surface area contributed by atoms with Crippen molar-refractivity contribution in [3.8, 4) is 0 Å². The summed E-state index contributed by atoms with van der Waals surface area (Å²) in [5.41, 5.74) is 0. The van der Waals surface area contributed by atoms with Crippen LogP contribution in [-0.2, 0) is 4.79 Å². The van der Waals surface area contributed by atoms with Gasteiger partial charge in [-0.3, -0.25) is 9.69 Å². The number of carbonyl (C=O) groups is 1. The zero-order chi connectivity index (χ0) is 8.55. The lowest BCUT2D eigenvalue weighted by Crippen LogP contribution is -2.30. The Morgan fingerprint density at radius 1 is 1.42 bits per heavy atom. The second-order valence-electron chi connectivity index (χ2n) is 3.74. The zero-order valence-electron chi connectivity index (χ0n) is 7.13. The van der Waals surface area contributed by atoms with Crippen molar-refractivity contribution in [3.05, 3.63) is 0 Å². The minimum Gasteiger partial charge on any atom is -0.300 e. The van der Waals surface area contributed by atoms with Crippen molar-refractivity contribution in [2.45, 2.75) is 25.3 Å². The Morgan fingerprint density at radius 3 is 3.00 bits per heavy atom. The van der Waals surface area contributed by atoms with E-state index in [4.69, 9.17) is 11.6 Å². The van der Waals surface area contributed by atoms with Crippen molar-refractivity contribution in [2.24, 2.45) is 5.92 Å². The van der Waals surface area contributed by atoms with Crippen LogP contribution in [-0.4, -0.2) is 35.7 Å². The molecular weight excluding hydrogens is 174 g/mol. The highest BCUT2D eigenvalue weighted by molar-refractivity contribution is 6.28. The highest BCUT2D eigenvalue weighted by Crippen LogP contribution is 2.33. The van der Waals surface area contributed by atoms with E-state index in [9.17, 15) is 4.79 Å². The van der Waals surface area contributed by atoms with Crippen molar-refractivity contribution in [1.82, 2.24) is 4.90 Å². The molecule has 0 amide bonds. The minimum atomic E-state index is 0.203. The molecule has 2 unspecified atom stereocenters. The topological polar surface area (TPSA) is 20.3 Å². The summed E-state index contributed by atoms with van der Waals surface area (Å²) < 4.78 is 0. The van der Waals surface area contributed by atoms with E-state index >= 15 is 0 Å². The molecule has 0 radical (unpaired) electrons. The number of hydrogen-bond acceptors (Lipinski definition) is 2. The molecule has 2 fully saturated rings. The van der Waals surface area contributed by atoms with Gasteiger partial charge in [-0.25, -0.2) is 0 Å². The fourth-order valence-corrected chi connectivity index (χ4v) is 2.76. The molecule has 2 nitrogen and oxygen atoms in total. The third-order valence-corrected chi connectivity index (χ3v) is 3.41. The summed E-state index contributed by atoms with van der Waals surface area (Å²) in [6.45, 7) is 2.30. The SMILES string of the molecule is O=C(CCl)C1CCN2CCCC12. The minimum absolute atomic E-state index is 0.203. The summed E-state index contributed by atoms with van der Waals surface area (Å²) in [5.74, 6) is 0.714. The molecule has 3 heteroatoms. The zero-order valence-corrected chi connectivity index (χ0v) is 7.89. The van der Waals surface area contributed by atoms with Gasteiger partial charge in [0.15, 0.2) is 5.78 Å². The third kappa shape index (κ3) is 1.27. The van der Waals surface area contributed by atoms with Gasteiger partial charge in [-0.05, 0) is 32.4 Å². The molecule has 0 spiro atoms. The van der Waals surface area contributed by atoms with E-state index in [0.29, 0.717) is 6.04 Å². The molecule has 2 heterocycles. The van der Waals surface area contributed by atoms with Crippen LogP contribution >= 0.6 is 11.6 Å². The van der Waals surface area contributed by atoms with Gasteiger partial charge in [0, 0.05) is 12.0 Å². The summed E-state index contributed by atoms with van der Waals surface area (Å²) in [6.07, 6.45) is 3.50. The number of alkyl halides is 1. The Labute approximate surface area is 77.9 Å². The van der Waals surface area contributed by atoms with Crippen LogP contribution in [0.2, 0.25) is 0 Å². The Balaban J connectivity index is 2.04. The van der Waals surface area contributed by atoms with E-state index in [1.54, 1.807) is 0 Å². The van der Waals surface area contributed by atoms with Crippen molar-refractivity contribution in [1.29, 1.82) is 0 Å². The molecule has 0 aromatic rings. The van der Waals surface area contributed by atoms with Crippen LogP contribution < -0.4 is 0 Å². The first-order valence-corrected chi connectivity index (χ1v) is 5.19. The Kier molecular flexibility index (Phi) is 2.37. The first kappa shape index (κ1) is 8.52. The number of fused-ring (bicyclic) bond motifs is 1. The van der Waals surface area contributed by atoms with Crippen LogP contribution in [0.4, 0.5) is 0 Å². The molecule has 0 aromatic heterocycles. The second-order valence-corrected chi connectivity index (χ2v) is 4.01. The molecule has 0 saturated carbocycles. The van der Waals surface area contributed by atoms with E-state index in [-0.39, 0.29) is 17.6 Å². The van der Waals surface area contributed by atoms with Gasteiger partial charge < -0.3 is 0 Å². The van der Waals surface area contributed by atoms with E-state index in [2.05, 4.69) is 4.90 Å².